The smallest absolute Gasteiger partial charge is 0.223 e. The molecule has 4 atom stereocenters. The van der Waals surface area contributed by atoms with Crippen LogP contribution in [-0.4, -0.2) is 107 Å². The van der Waals surface area contributed by atoms with Crippen molar-refractivity contribution in [3.63, 3.8) is 0 Å². The number of anilines is 4. The average Bonchev–Trinajstić information content (AvgIpc) is 3.97. The number of benzene rings is 2. The number of carbonyl (C=O) groups excluding carboxylic acids is 2. The minimum atomic E-state index is -0.121. The van der Waals surface area contributed by atoms with Gasteiger partial charge in [0, 0.05) is 91.1 Å². The van der Waals surface area contributed by atoms with Gasteiger partial charge < -0.3 is 29.9 Å². The quantitative estimate of drug-likeness (QED) is 0.237. The average molecular weight is 775 g/mol. The minimum absolute atomic E-state index is 0.121. The van der Waals surface area contributed by atoms with Crippen LogP contribution < -0.4 is 29.9 Å². The summed E-state index contributed by atoms with van der Waals surface area (Å²) >= 11 is 2.85. The summed E-state index contributed by atoms with van der Waals surface area (Å²) in [5.74, 6) is 1.85. The molecule has 2 aromatic heterocycles. The normalized spacial score (nSPS) is 20.9. The summed E-state index contributed by atoms with van der Waals surface area (Å²) in [4.78, 5) is 31.7. The number of hydrogen-bond acceptors (Lipinski definition) is 14. The van der Waals surface area contributed by atoms with E-state index in [9.17, 15) is 9.59 Å². The molecule has 288 valence electrons. The number of amides is 2. The fraction of sp³-hybridized carbons (Fsp3) is 0.526. The van der Waals surface area contributed by atoms with Crippen molar-refractivity contribution >= 4 is 55.0 Å². The molecule has 4 aromatic rings. The van der Waals surface area contributed by atoms with E-state index in [1.807, 2.05) is 0 Å². The zero-order chi connectivity index (χ0) is 37.9. The highest BCUT2D eigenvalue weighted by atomic mass is 32.1. The number of nitrogens with one attached hydrogen (secondary N) is 2. The molecule has 0 unspecified atom stereocenters. The lowest BCUT2D eigenvalue weighted by Gasteiger charge is -2.38. The van der Waals surface area contributed by atoms with Gasteiger partial charge in [0.25, 0.3) is 0 Å². The van der Waals surface area contributed by atoms with Crippen molar-refractivity contribution in [3.05, 3.63) is 58.7 Å². The summed E-state index contributed by atoms with van der Waals surface area (Å²) in [5.41, 5.74) is 5.24. The van der Waals surface area contributed by atoms with Crippen LogP contribution in [0, 0.1) is 0 Å². The maximum atomic E-state index is 11.1. The van der Waals surface area contributed by atoms with Gasteiger partial charge in [-0.05, 0) is 62.1 Å². The Hall–Kier alpha value is -4.38. The lowest BCUT2D eigenvalue weighted by molar-refractivity contribution is -0.115. The molecule has 0 radical (unpaired) electrons. The lowest BCUT2D eigenvalue weighted by Crippen LogP contribution is -2.47. The Morgan fingerprint density at radius 1 is 0.648 bits per heavy atom. The molecule has 0 spiro atoms. The van der Waals surface area contributed by atoms with Gasteiger partial charge in [0.2, 0.25) is 32.3 Å². The predicted octanol–water partition coefficient (Wildman–Crippen LogP) is 5.41. The highest BCUT2D eigenvalue weighted by Gasteiger charge is 2.28. The monoisotopic (exact) mass is 774 g/mol. The fourth-order valence-corrected chi connectivity index (χ4v) is 9.15. The molecule has 4 aliphatic rings. The molecule has 0 aliphatic carbocycles. The SMILES string of the molecule is CC(=O)Nc1nnc(N2CCN([C@@H](C)c3ccc4c(c3)O[C@@H](C)C4)CC2)s1.CC(=O)Nc1nnc(N2CCN([C@H](C)c3ccc4c(c3)O[C@@H](C)C4)CC2)s1. The van der Waals surface area contributed by atoms with E-state index in [0.717, 1.165) is 87.0 Å². The number of carbonyl (C=O) groups is 2. The molecular weight excluding hydrogens is 725 g/mol. The first-order valence-electron chi connectivity index (χ1n) is 18.8. The van der Waals surface area contributed by atoms with E-state index in [-0.39, 0.29) is 24.0 Å². The molecule has 2 N–H and O–H groups in total. The Kier molecular flexibility index (Phi) is 11.6. The van der Waals surface area contributed by atoms with E-state index in [1.54, 1.807) is 0 Å². The van der Waals surface area contributed by atoms with Gasteiger partial charge in [-0.3, -0.25) is 19.4 Å². The molecule has 6 heterocycles. The molecule has 2 aromatic carbocycles. The van der Waals surface area contributed by atoms with Gasteiger partial charge in [-0.1, -0.05) is 46.9 Å². The van der Waals surface area contributed by atoms with E-state index in [0.29, 0.717) is 22.3 Å². The van der Waals surface area contributed by atoms with Crippen LogP contribution in [0.2, 0.25) is 0 Å². The Balaban J connectivity index is 0.000000167. The van der Waals surface area contributed by atoms with Crippen LogP contribution in [-0.2, 0) is 22.4 Å². The van der Waals surface area contributed by atoms with Gasteiger partial charge >= 0.3 is 0 Å². The van der Waals surface area contributed by atoms with Gasteiger partial charge in [0.05, 0.1) is 0 Å². The van der Waals surface area contributed by atoms with Crippen molar-refractivity contribution < 1.29 is 19.1 Å². The molecule has 0 saturated carbocycles. The Morgan fingerprint density at radius 3 is 1.41 bits per heavy atom. The zero-order valence-corrected chi connectivity index (χ0v) is 33.5. The summed E-state index contributed by atoms with van der Waals surface area (Å²) in [7, 11) is 0. The highest BCUT2D eigenvalue weighted by molar-refractivity contribution is 7.19. The lowest BCUT2D eigenvalue weighted by atomic mass is 10.0. The van der Waals surface area contributed by atoms with Crippen molar-refractivity contribution in [2.75, 3.05) is 72.8 Å². The minimum Gasteiger partial charge on any atom is -0.490 e. The number of hydrogen-bond donors (Lipinski definition) is 2. The van der Waals surface area contributed by atoms with Gasteiger partial charge in [-0.25, -0.2) is 0 Å². The first kappa shape index (κ1) is 37.9. The van der Waals surface area contributed by atoms with Gasteiger partial charge in [-0.15, -0.1) is 20.4 Å². The molecule has 2 amide bonds. The van der Waals surface area contributed by atoms with E-state index in [1.165, 1.54) is 58.8 Å². The van der Waals surface area contributed by atoms with E-state index in [4.69, 9.17) is 9.47 Å². The van der Waals surface area contributed by atoms with Crippen molar-refractivity contribution in [1.82, 2.24) is 30.2 Å². The van der Waals surface area contributed by atoms with Crippen LogP contribution in [0.5, 0.6) is 11.5 Å². The number of piperazine rings is 2. The zero-order valence-electron chi connectivity index (χ0n) is 31.9. The summed E-state index contributed by atoms with van der Waals surface area (Å²) < 4.78 is 11.8. The summed E-state index contributed by atoms with van der Waals surface area (Å²) in [6.45, 7) is 19.2. The number of ether oxygens (including phenoxy) is 2. The maximum Gasteiger partial charge on any atom is 0.223 e. The fourth-order valence-electron chi connectivity index (χ4n) is 7.47. The summed E-state index contributed by atoms with van der Waals surface area (Å²) in [6, 6.07) is 14.0. The number of rotatable bonds is 8. The first-order valence-corrected chi connectivity index (χ1v) is 20.4. The second kappa shape index (κ2) is 16.6. The predicted molar refractivity (Wildman–Crippen MR) is 213 cm³/mol. The van der Waals surface area contributed by atoms with Crippen LogP contribution >= 0.6 is 22.7 Å². The molecule has 8 rings (SSSR count). The maximum absolute atomic E-state index is 11.1. The molecular formula is C38H50N10O4S2. The van der Waals surface area contributed by atoms with Crippen molar-refractivity contribution in [3.8, 4) is 11.5 Å². The van der Waals surface area contributed by atoms with E-state index < -0.39 is 0 Å². The molecule has 14 nitrogen and oxygen atoms in total. The van der Waals surface area contributed by atoms with Gasteiger partial charge in [0.15, 0.2) is 0 Å². The summed E-state index contributed by atoms with van der Waals surface area (Å²) in [5, 5.41) is 24.7. The largest absolute Gasteiger partial charge is 0.490 e. The van der Waals surface area contributed by atoms with Crippen molar-refractivity contribution in [2.24, 2.45) is 0 Å². The van der Waals surface area contributed by atoms with Crippen molar-refractivity contribution in [1.29, 1.82) is 0 Å². The second-order valence-corrected chi connectivity index (χ2v) is 16.5. The molecule has 2 saturated heterocycles. The highest BCUT2D eigenvalue weighted by Crippen LogP contribution is 2.35. The Labute approximate surface area is 324 Å². The molecule has 4 aliphatic heterocycles. The first-order chi connectivity index (χ1) is 26.0. The Morgan fingerprint density at radius 2 is 1.04 bits per heavy atom. The molecule has 54 heavy (non-hydrogen) atoms. The number of nitrogens with zero attached hydrogens (tertiary/aromatic N) is 8. The van der Waals surface area contributed by atoms with Gasteiger partial charge in [0.1, 0.15) is 23.7 Å². The third kappa shape index (κ3) is 8.94. The van der Waals surface area contributed by atoms with Crippen LogP contribution in [0.1, 0.15) is 75.9 Å². The van der Waals surface area contributed by atoms with Crippen LogP contribution in [0.25, 0.3) is 0 Å². The standard InChI is InChI=1S/2C19H25N5O2S/c2*1-12-10-16-5-4-15(11-17(16)26-12)13(2)23-6-8-24(9-7-23)19-22-21-18(27-19)20-14(3)25/h2*4-5,11-13H,6-10H2,1-3H3,(H,20,21,25)/t12-,13+;12-,13-/m00/s1. The second-order valence-electron chi connectivity index (χ2n) is 14.5. The van der Waals surface area contributed by atoms with Crippen LogP contribution in [0.15, 0.2) is 36.4 Å². The third-order valence-corrected chi connectivity index (χ3v) is 12.3. The topological polar surface area (TPSA) is 141 Å². The Bertz CT molecular complexity index is 1800. The van der Waals surface area contributed by atoms with Crippen LogP contribution in [0.4, 0.5) is 20.5 Å². The number of aromatic nitrogens is 4. The third-order valence-electron chi connectivity index (χ3n) is 10.5. The van der Waals surface area contributed by atoms with Crippen molar-refractivity contribution in [2.45, 2.75) is 78.7 Å². The van der Waals surface area contributed by atoms with Crippen LogP contribution in [0.3, 0.4) is 0 Å². The number of fused-ring (bicyclic) bond motifs is 2. The summed E-state index contributed by atoms with van der Waals surface area (Å²) in [6.07, 6.45) is 2.57. The molecule has 2 fully saturated rings. The van der Waals surface area contributed by atoms with E-state index >= 15 is 0 Å². The van der Waals surface area contributed by atoms with E-state index in [2.05, 4.69) is 115 Å². The van der Waals surface area contributed by atoms with Gasteiger partial charge in [-0.2, -0.15) is 0 Å². The molecule has 16 heteroatoms. The molecule has 0 bridgehead atoms.